The van der Waals surface area contributed by atoms with E-state index < -0.39 is 236 Å². The SMILES string of the molecule is CC(=O)N[C@@H](CCC(=O)O)C(=O)N[C@@H](CCC(=O)O)C(=O)NCCCC[C@H](NC(=O)[C@H](CCCNC(=N)N)NC(=O)[C@H](CCCNC(=N)N)NC(C)=O)C(=O)NCCCC[C@H](NC(=O)[C@H](CCCCNC(=O)[C@H](CCC(=O)O)NC(=O)[C@H](CCC(=O)O)NC(C)=O)NC(=O)[C@H](CCCNC(=N)N)NC(=O)[C@H](CCCNC(=N)N)NC(C)=O)C(N)=O. The van der Waals surface area contributed by atoms with Crippen LogP contribution in [0.2, 0.25) is 0 Å². The second kappa shape index (κ2) is 60.5. The average Bonchev–Trinajstić information content (AvgIpc) is 0.874. The van der Waals surface area contributed by atoms with Crippen LogP contribution in [0.3, 0.4) is 0 Å². The number of rotatable bonds is 65. The van der Waals surface area contributed by atoms with E-state index in [1.807, 2.05) is 0 Å². The second-order valence-electron chi connectivity index (χ2n) is 27.9. The van der Waals surface area contributed by atoms with Gasteiger partial charge in [-0.3, -0.25) is 113 Å². The number of guanidine groups is 4. The van der Waals surface area contributed by atoms with E-state index in [2.05, 4.69) is 95.7 Å². The standard InChI is InChI=1S/C70H123N27O23/c1-37(98)87-43(18-11-33-83-67(72)73)60(114)94-46(20-13-35-85-69(76)77)63(117)92-42(16-6-9-31-81-58(112)48(22-26-52(102)103)96-65(119)50(89-39(3)100)24-28-54(106)107)57(111)80-30-8-5-15-41(56(71)110)91-62(116)45(17-7-10-32-82-59(113)49(23-27-53(104)105)97-66(120)51(90-40(4)101)25-29-55(108)109)93-64(118)47(21-14-36-86-70(78)79)95-61(115)44(88-38(2)99)19-12-34-84-68(74)75/h41-51H,5-36H2,1-4H3,(H2,71,110)(H,80,111)(H,81,112)(H,82,113)(H,87,98)(H,88,99)(H,89,100)(H,90,101)(H,91,116)(H,92,117)(H,93,118)(H,94,114)(H,95,115)(H,96,119)(H,97,120)(H,102,103)(H,104,105)(H,106,107)(H,108,109)(H4,72,73,83)(H4,74,75,84)(H4,76,77,85)(H4,78,79,86)/t41-,42-,43-,44-,45-,46-,47-,48-,49-,50-,51-/m0/s1. The van der Waals surface area contributed by atoms with E-state index >= 15 is 0 Å². The van der Waals surface area contributed by atoms with Crippen LogP contribution in [-0.4, -0.2) is 269 Å². The highest BCUT2D eigenvalue weighted by Crippen LogP contribution is 2.13. The van der Waals surface area contributed by atoms with Gasteiger partial charge in [0.25, 0.3) is 0 Å². The number of nitrogens with one attached hydrogen (secondary N) is 22. The molecule has 0 unspecified atom stereocenters. The number of carboxylic acid groups (broad SMARTS) is 4. The molecule has 0 saturated heterocycles. The molecular formula is C70H123N27O23. The molecule has 676 valence electrons. The van der Waals surface area contributed by atoms with E-state index in [1.54, 1.807) is 0 Å². The lowest BCUT2D eigenvalue weighted by Gasteiger charge is -2.26. The first kappa shape index (κ1) is 107. The fourth-order valence-corrected chi connectivity index (χ4v) is 11.5. The minimum absolute atomic E-state index is 0.000987. The van der Waals surface area contributed by atoms with Crippen molar-refractivity contribution in [3.63, 3.8) is 0 Å². The van der Waals surface area contributed by atoms with Crippen molar-refractivity contribution < 1.29 is 112 Å². The van der Waals surface area contributed by atoms with Crippen molar-refractivity contribution in [3.05, 3.63) is 0 Å². The Kier molecular flexibility index (Phi) is 53.9. The number of primary amides is 1. The summed E-state index contributed by atoms with van der Waals surface area (Å²) in [5, 5.41) is 113. The Hall–Kier alpha value is -13.0. The van der Waals surface area contributed by atoms with Gasteiger partial charge in [-0.2, -0.15) is 0 Å². The third-order valence-corrected chi connectivity index (χ3v) is 17.4. The summed E-state index contributed by atoms with van der Waals surface area (Å²) in [7, 11) is 0. The predicted molar refractivity (Wildman–Crippen MR) is 428 cm³/mol. The molecule has 0 aliphatic carbocycles. The highest BCUT2D eigenvalue weighted by atomic mass is 16.4. The Morgan fingerprint density at radius 3 is 0.567 bits per heavy atom. The first-order valence-electron chi connectivity index (χ1n) is 38.9. The lowest BCUT2D eigenvalue weighted by Crippen LogP contribution is -2.58. The van der Waals surface area contributed by atoms with Crippen LogP contribution in [0.25, 0.3) is 0 Å². The highest BCUT2D eigenvalue weighted by molar-refractivity contribution is 5.98. The number of aliphatic carboxylic acids is 4. The molecule has 0 bridgehead atoms. The molecule has 50 nitrogen and oxygen atoms in total. The van der Waals surface area contributed by atoms with Crippen LogP contribution in [0.5, 0.6) is 0 Å². The summed E-state index contributed by atoms with van der Waals surface area (Å²) >= 11 is 0. The van der Waals surface area contributed by atoms with Gasteiger partial charge in [0.1, 0.15) is 66.5 Å². The number of nitrogens with two attached hydrogens (primary N) is 5. The van der Waals surface area contributed by atoms with Gasteiger partial charge in [-0.1, -0.05) is 0 Å². The lowest BCUT2D eigenvalue weighted by atomic mass is 10.0. The summed E-state index contributed by atoms with van der Waals surface area (Å²) in [6.07, 6.45) is -4.60. The molecular weight excluding hydrogens is 1590 g/mol. The fraction of sp³-hybridized carbons (Fsp3) is 0.671. The van der Waals surface area contributed by atoms with Crippen LogP contribution in [0, 0.1) is 21.6 Å². The Bertz CT molecular complexity index is 3520. The van der Waals surface area contributed by atoms with Crippen molar-refractivity contribution in [2.75, 3.05) is 45.8 Å². The molecule has 36 N–H and O–H groups in total. The predicted octanol–water partition coefficient (Wildman–Crippen LogP) is -8.74. The van der Waals surface area contributed by atoms with Crippen LogP contribution in [0.15, 0.2) is 0 Å². The average molecular weight is 1710 g/mol. The number of carbonyl (C=O) groups is 19. The van der Waals surface area contributed by atoms with Crippen LogP contribution in [0.1, 0.15) is 188 Å². The van der Waals surface area contributed by atoms with Gasteiger partial charge < -0.3 is 145 Å². The van der Waals surface area contributed by atoms with E-state index in [-0.39, 0.29) is 173 Å². The molecule has 0 aliphatic heterocycles. The Balaban J connectivity index is 7.44. The molecule has 0 spiro atoms. The van der Waals surface area contributed by atoms with Gasteiger partial charge in [-0.25, -0.2) is 0 Å². The van der Waals surface area contributed by atoms with Crippen LogP contribution in [0.4, 0.5) is 0 Å². The van der Waals surface area contributed by atoms with Crippen molar-refractivity contribution >= 4 is 136 Å². The molecule has 0 heterocycles. The maximum atomic E-state index is 14.6. The van der Waals surface area contributed by atoms with Gasteiger partial charge >= 0.3 is 23.9 Å². The summed E-state index contributed by atoms with van der Waals surface area (Å²) in [6.45, 7) is 4.05. The van der Waals surface area contributed by atoms with E-state index in [4.69, 9.17) is 50.3 Å². The largest absolute Gasteiger partial charge is 0.481 e. The van der Waals surface area contributed by atoms with Crippen LogP contribution < -0.4 is 124 Å². The molecule has 0 fully saturated rings. The maximum Gasteiger partial charge on any atom is 0.303 e. The summed E-state index contributed by atoms with van der Waals surface area (Å²) < 4.78 is 0. The van der Waals surface area contributed by atoms with Crippen LogP contribution in [-0.2, 0) is 91.1 Å². The molecule has 120 heavy (non-hydrogen) atoms. The molecule has 15 amide bonds. The fourth-order valence-electron chi connectivity index (χ4n) is 11.5. The van der Waals surface area contributed by atoms with Crippen molar-refractivity contribution in [2.45, 2.75) is 255 Å². The Morgan fingerprint density at radius 1 is 0.217 bits per heavy atom. The zero-order chi connectivity index (χ0) is 91.0. The van der Waals surface area contributed by atoms with Crippen molar-refractivity contribution in [2.24, 2.45) is 28.7 Å². The van der Waals surface area contributed by atoms with Gasteiger partial charge in [0, 0.05) is 99.2 Å². The van der Waals surface area contributed by atoms with Gasteiger partial charge in [0.05, 0.1) is 0 Å². The third kappa shape index (κ3) is 52.6. The molecule has 0 saturated carbocycles. The van der Waals surface area contributed by atoms with E-state index in [0.29, 0.717) is 0 Å². The summed E-state index contributed by atoms with van der Waals surface area (Å²) in [6, 6.07) is -15.9. The first-order valence-corrected chi connectivity index (χ1v) is 38.9. The van der Waals surface area contributed by atoms with Gasteiger partial charge in [0.15, 0.2) is 23.8 Å². The molecule has 11 atom stereocenters. The Morgan fingerprint density at radius 2 is 0.375 bits per heavy atom. The minimum atomic E-state index is -1.60. The quantitative estimate of drug-likeness (QED) is 0.0153. The number of hydrogen-bond acceptors (Lipinski definition) is 23. The maximum absolute atomic E-state index is 14.6. The molecule has 0 aromatic carbocycles. The molecule has 0 aromatic heterocycles. The molecule has 50 heteroatoms. The van der Waals surface area contributed by atoms with Gasteiger partial charge in [-0.05, 0) is 135 Å². The van der Waals surface area contributed by atoms with Crippen molar-refractivity contribution in [1.29, 1.82) is 21.6 Å². The van der Waals surface area contributed by atoms with Gasteiger partial charge in [0.2, 0.25) is 88.6 Å². The molecule has 0 aromatic rings. The Labute approximate surface area is 692 Å². The van der Waals surface area contributed by atoms with Crippen LogP contribution >= 0.6 is 0 Å². The number of unbranched alkanes of at least 4 members (excludes halogenated alkanes) is 3. The third-order valence-electron chi connectivity index (χ3n) is 17.4. The molecule has 0 rings (SSSR count). The topological polar surface area (TPSA) is 847 Å². The van der Waals surface area contributed by atoms with Crippen molar-refractivity contribution in [3.8, 4) is 0 Å². The number of amides is 15. The monoisotopic (exact) mass is 1710 g/mol. The second-order valence-corrected chi connectivity index (χ2v) is 27.9. The molecule has 0 radical (unpaired) electrons. The minimum Gasteiger partial charge on any atom is -0.481 e. The summed E-state index contributed by atoms with van der Waals surface area (Å²) in [4.78, 5) is 247. The molecule has 0 aliphatic rings. The van der Waals surface area contributed by atoms with E-state index in [9.17, 15) is 112 Å². The lowest BCUT2D eigenvalue weighted by molar-refractivity contribution is -0.139. The van der Waals surface area contributed by atoms with Crippen molar-refractivity contribution in [1.82, 2.24) is 95.7 Å². The summed E-state index contributed by atoms with van der Waals surface area (Å²) in [5.41, 5.74) is 27.6. The summed E-state index contributed by atoms with van der Waals surface area (Å²) in [5.74, 6) is -19.8. The number of carboxylic acids is 4. The number of hydrogen-bond donors (Lipinski definition) is 31. The zero-order valence-electron chi connectivity index (χ0n) is 67.9. The first-order chi connectivity index (χ1) is 56.4. The van der Waals surface area contributed by atoms with E-state index in [0.717, 1.165) is 27.7 Å². The zero-order valence-corrected chi connectivity index (χ0v) is 67.9. The number of carbonyl (C=O) groups excluding carboxylic acids is 15. The van der Waals surface area contributed by atoms with E-state index in [1.165, 1.54) is 0 Å². The smallest absolute Gasteiger partial charge is 0.303 e. The van der Waals surface area contributed by atoms with Gasteiger partial charge in [-0.15, -0.1) is 0 Å². The highest BCUT2D eigenvalue weighted by Gasteiger charge is 2.35. The normalized spacial score (nSPS) is 13.4.